The molecule has 0 fully saturated rings. The number of benzene rings is 1. The minimum atomic E-state index is -0.945. The van der Waals surface area contributed by atoms with Gasteiger partial charge in [0.25, 0.3) is 0 Å². The molecule has 2 aromatic heterocycles. The van der Waals surface area contributed by atoms with Gasteiger partial charge in [-0.1, -0.05) is 5.21 Å². The van der Waals surface area contributed by atoms with E-state index in [1.54, 1.807) is 35.4 Å². The number of aryl methyl sites for hydroxylation is 1. The van der Waals surface area contributed by atoms with Crippen molar-refractivity contribution < 1.29 is 9.90 Å². The van der Waals surface area contributed by atoms with Gasteiger partial charge in [0, 0.05) is 6.54 Å². The fraction of sp³-hybridized carbons (Fsp3) is 0.231. The predicted octanol–water partition coefficient (Wildman–Crippen LogP) is 1.39. The topological polar surface area (TPSA) is 85.8 Å². The molecule has 1 N–H and O–H groups in total. The Balaban J connectivity index is 2.03. The minimum Gasteiger partial charge on any atom is -0.478 e. The Morgan fingerprint density at radius 1 is 1.40 bits per heavy atom. The molecule has 7 heteroatoms. The van der Waals surface area contributed by atoms with Gasteiger partial charge in [0.05, 0.1) is 41.4 Å². The standard InChI is InChI=1S/C13H13N5O2/c1-2-18-10(6-15-16-18)7-17-8-14-11-4-3-9(13(19)20)5-12(11)17/h3-6,8H,2,7H2,1H3,(H,19,20). The number of hydrogen-bond acceptors (Lipinski definition) is 4. The second kappa shape index (κ2) is 4.76. The molecule has 0 aliphatic heterocycles. The highest BCUT2D eigenvalue weighted by molar-refractivity contribution is 5.92. The largest absolute Gasteiger partial charge is 0.478 e. The summed E-state index contributed by atoms with van der Waals surface area (Å²) in [4.78, 5) is 15.3. The number of nitrogens with zero attached hydrogens (tertiary/aromatic N) is 5. The molecule has 0 amide bonds. The van der Waals surface area contributed by atoms with Crippen molar-refractivity contribution in [2.75, 3.05) is 0 Å². The molecule has 0 atom stereocenters. The summed E-state index contributed by atoms with van der Waals surface area (Å²) in [5.41, 5.74) is 2.76. The van der Waals surface area contributed by atoms with Crippen LogP contribution in [0.1, 0.15) is 23.0 Å². The zero-order valence-corrected chi connectivity index (χ0v) is 10.9. The second-order valence-electron chi connectivity index (χ2n) is 4.42. The lowest BCUT2D eigenvalue weighted by Gasteiger charge is -2.06. The molecule has 0 aliphatic carbocycles. The molecule has 20 heavy (non-hydrogen) atoms. The monoisotopic (exact) mass is 271 g/mol. The fourth-order valence-corrected chi connectivity index (χ4v) is 2.16. The first-order valence-corrected chi connectivity index (χ1v) is 6.24. The van der Waals surface area contributed by atoms with Crippen molar-refractivity contribution >= 4 is 17.0 Å². The zero-order chi connectivity index (χ0) is 14.1. The summed E-state index contributed by atoms with van der Waals surface area (Å²) in [5.74, 6) is -0.945. The van der Waals surface area contributed by atoms with Crippen LogP contribution < -0.4 is 0 Å². The highest BCUT2D eigenvalue weighted by Gasteiger charge is 2.10. The van der Waals surface area contributed by atoms with Crippen LogP contribution in [0.2, 0.25) is 0 Å². The lowest BCUT2D eigenvalue weighted by Crippen LogP contribution is -2.07. The Morgan fingerprint density at radius 2 is 2.25 bits per heavy atom. The van der Waals surface area contributed by atoms with Crippen LogP contribution in [0.4, 0.5) is 0 Å². The number of aromatic nitrogens is 5. The summed E-state index contributed by atoms with van der Waals surface area (Å²) in [5, 5.41) is 16.9. The maximum atomic E-state index is 11.0. The van der Waals surface area contributed by atoms with E-state index in [0.717, 1.165) is 23.3 Å². The van der Waals surface area contributed by atoms with E-state index < -0.39 is 5.97 Å². The van der Waals surface area contributed by atoms with Crippen LogP contribution >= 0.6 is 0 Å². The van der Waals surface area contributed by atoms with Crippen LogP contribution in [0, 0.1) is 0 Å². The summed E-state index contributed by atoms with van der Waals surface area (Å²) in [6, 6.07) is 4.90. The van der Waals surface area contributed by atoms with E-state index in [1.165, 1.54) is 0 Å². The molecule has 3 aromatic rings. The maximum absolute atomic E-state index is 11.0. The summed E-state index contributed by atoms with van der Waals surface area (Å²) >= 11 is 0. The van der Waals surface area contributed by atoms with Crippen molar-refractivity contribution in [3.8, 4) is 0 Å². The number of imidazole rings is 1. The van der Waals surface area contributed by atoms with Gasteiger partial charge in [0.1, 0.15) is 0 Å². The first-order valence-electron chi connectivity index (χ1n) is 6.24. The fourth-order valence-electron chi connectivity index (χ4n) is 2.16. The Labute approximate surface area is 114 Å². The molecule has 0 bridgehead atoms. The Bertz CT molecular complexity index is 774. The van der Waals surface area contributed by atoms with Gasteiger partial charge in [-0.25, -0.2) is 14.5 Å². The highest BCUT2D eigenvalue weighted by atomic mass is 16.4. The van der Waals surface area contributed by atoms with Gasteiger partial charge in [-0.15, -0.1) is 5.10 Å². The number of hydrogen-bond donors (Lipinski definition) is 1. The maximum Gasteiger partial charge on any atom is 0.335 e. The van der Waals surface area contributed by atoms with Gasteiger partial charge in [0.2, 0.25) is 0 Å². The third kappa shape index (κ3) is 2.03. The van der Waals surface area contributed by atoms with Crippen molar-refractivity contribution in [2.45, 2.75) is 20.0 Å². The van der Waals surface area contributed by atoms with Crippen molar-refractivity contribution in [3.63, 3.8) is 0 Å². The summed E-state index contributed by atoms with van der Waals surface area (Å²) in [6.07, 6.45) is 3.40. The summed E-state index contributed by atoms with van der Waals surface area (Å²) < 4.78 is 3.69. The van der Waals surface area contributed by atoms with E-state index in [4.69, 9.17) is 5.11 Å². The first kappa shape index (κ1) is 12.3. The molecule has 102 valence electrons. The predicted molar refractivity (Wildman–Crippen MR) is 71.5 cm³/mol. The van der Waals surface area contributed by atoms with Crippen molar-refractivity contribution in [1.29, 1.82) is 0 Å². The molecule has 2 heterocycles. The van der Waals surface area contributed by atoms with Crippen molar-refractivity contribution in [3.05, 3.63) is 42.0 Å². The average molecular weight is 271 g/mol. The Kier molecular flexibility index (Phi) is 2.94. The van der Waals surface area contributed by atoms with Gasteiger partial charge in [-0.3, -0.25) is 0 Å². The van der Waals surface area contributed by atoms with E-state index in [1.807, 2.05) is 11.5 Å². The summed E-state index contributed by atoms with van der Waals surface area (Å²) in [6.45, 7) is 3.29. The van der Waals surface area contributed by atoms with Crippen LogP contribution in [0.15, 0.2) is 30.7 Å². The van der Waals surface area contributed by atoms with E-state index in [9.17, 15) is 4.79 Å². The molecular formula is C13H13N5O2. The van der Waals surface area contributed by atoms with Gasteiger partial charge in [-0.05, 0) is 25.1 Å². The quantitative estimate of drug-likeness (QED) is 0.775. The van der Waals surface area contributed by atoms with Gasteiger partial charge in [0.15, 0.2) is 0 Å². The lowest BCUT2D eigenvalue weighted by atomic mass is 10.2. The van der Waals surface area contributed by atoms with E-state index in [-0.39, 0.29) is 5.56 Å². The molecule has 0 saturated carbocycles. The van der Waals surface area contributed by atoms with E-state index in [0.29, 0.717) is 6.54 Å². The molecular weight excluding hydrogens is 258 g/mol. The van der Waals surface area contributed by atoms with Crippen LogP contribution in [-0.4, -0.2) is 35.6 Å². The molecule has 7 nitrogen and oxygen atoms in total. The van der Waals surface area contributed by atoms with Crippen molar-refractivity contribution in [1.82, 2.24) is 24.5 Å². The third-order valence-electron chi connectivity index (χ3n) is 3.20. The number of carboxylic acid groups (broad SMARTS) is 1. The molecule has 0 aliphatic rings. The minimum absolute atomic E-state index is 0.251. The van der Waals surface area contributed by atoms with Gasteiger partial charge < -0.3 is 9.67 Å². The highest BCUT2D eigenvalue weighted by Crippen LogP contribution is 2.16. The number of aromatic carboxylic acids is 1. The van der Waals surface area contributed by atoms with Crippen LogP contribution in [0.5, 0.6) is 0 Å². The number of carboxylic acids is 1. The SMILES string of the molecule is CCn1nncc1Cn1cnc2ccc(C(=O)O)cc21. The van der Waals surface area contributed by atoms with Crippen LogP contribution in [0.3, 0.4) is 0 Å². The zero-order valence-electron chi connectivity index (χ0n) is 10.9. The van der Waals surface area contributed by atoms with E-state index in [2.05, 4.69) is 15.3 Å². The van der Waals surface area contributed by atoms with Gasteiger partial charge >= 0.3 is 5.97 Å². The lowest BCUT2D eigenvalue weighted by molar-refractivity contribution is 0.0697. The second-order valence-corrected chi connectivity index (χ2v) is 4.42. The van der Waals surface area contributed by atoms with Crippen LogP contribution in [0.25, 0.3) is 11.0 Å². The average Bonchev–Trinajstić information content (AvgIpc) is 3.05. The van der Waals surface area contributed by atoms with E-state index >= 15 is 0 Å². The molecule has 0 radical (unpaired) electrons. The number of rotatable bonds is 4. The molecule has 0 saturated heterocycles. The molecule has 1 aromatic carbocycles. The normalized spacial score (nSPS) is 11.1. The Morgan fingerprint density at radius 3 is 3.00 bits per heavy atom. The smallest absolute Gasteiger partial charge is 0.335 e. The number of carbonyl (C=O) groups is 1. The van der Waals surface area contributed by atoms with Crippen molar-refractivity contribution in [2.24, 2.45) is 0 Å². The molecule has 0 unspecified atom stereocenters. The first-order chi connectivity index (χ1) is 9.69. The molecule has 0 spiro atoms. The third-order valence-corrected chi connectivity index (χ3v) is 3.20. The van der Waals surface area contributed by atoms with Crippen LogP contribution in [-0.2, 0) is 13.1 Å². The molecule has 3 rings (SSSR count). The Hall–Kier alpha value is -2.70. The summed E-state index contributed by atoms with van der Waals surface area (Å²) in [7, 11) is 0. The number of fused-ring (bicyclic) bond motifs is 1. The van der Waals surface area contributed by atoms with Gasteiger partial charge in [-0.2, -0.15) is 0 Å².